The topological polar surface area (TPSA) is 46.9 Å². The number of benzene rings is 1. The largest absolute Gasteiger partial charge is 0.352 e. The van der Waals surface area contributed by atoms with Crippen LogP contribution in [0.1, 0.15) is 24.5 Å². The monoisotopic (exact) mass is 269 g/mol. The minimum Gasteiger partial charge on any atom is -0.352 e. The van der Waals surface area contributed by atoms with E-state index in [1.165, 1.54) is 5.56 Å². The van der Waals surface area contributed by atoms with E-state index < -0.39 is 0 Å². The number of nitrogens with zero attached hydrogens (tertiary/aromatic N) is 2. The van der Waals surface area contributed by atoms with Gasteiger partial charge in [0.1, 0.15) is 0 Å². The van der Waals surface area contributed by atoms with Gasteiger partial charge in [-0.1, -0.05) is 31.2 Å². The maximum Gasteiger partial charge on any atom is 0.223 e. The number of nitrogens with one attached hydrogen (secondary N) is 1. The molecule has 1 aromatic heterocycles. The summed E-state index contributed by atoms with van der Waals surface area (Å²) in [5.41, 5.74) is 2.37. The molecule has 1 heterocycles. The second kappa shape index (κ2) is 5.49. The van der Waals surface area contributed by atoms with Gasteiger partial charge in [-0.15, -0.1) is 0 Å². The highest BCUT2D eigenvalue weighted by molar-refractivity contribution is 5.81. The summed E-state index contributed by atoms with van der Waals surface area (Å²) in [6.07, 6.45) is 6.58. The first-order chi connectivity index (χ1) is 9.72. The molecule has 0 aliphatic heterocycles. The molecule has 2 aromatic rings. The van der Waals surface area contributed by atoms with Crippen molar-refractivity contribution >= 4 is 5.91 Å². The number of carbonyl (C=O) groups is 1. The van der Waals surface area contributed by atoms with Crippen molar-refractivity contribution in [2.24, 2.45) is 11.8 Å². The Morgan fingerprint density at radius 3 is 2.65 bits per heavy atom. The molecule has 104 valence electrons. The van der Waals surface area contributed by atoms with Crippen LogP contribution in [0, 0.1) is 11.8 Å². The van der Waals surface area contributed by atoms with Crippen molar-refractivity contribution < 1.29 is 4.79 Å². The van der Waals surface area contributed by atoms with Crippen molar-refractivity contribution in [2.45, 2.75) is 26.4 Å². The SMILES string of the molecule is C[C@H]1C[C@@H]1C(=O)NCc1ccc(Cn2ccnc2)cc1. The summed E-state index contributed by atoms with van der Waals surface area (Å²) < 4.78 is 2.03. The molecular weight excluding hydrogens is 250 g/mol. The van der Waals surface area contributed by atoms with Gasteiger partial charge in [-0.3, -0.25) is 4.79 Å². The minimum absolute atomic E-state index is 0.194. The van der Waals surface area contributed by atoms with Crippen LogP contribution in [-0.4, -0.2) is 15.5 Å². The highest BCUT2D eigenvalue weighted by Gasteiger charge is 2.38. The molecule has 1 aliphatic rings. The average molecular weight is 269 g/mol. The molecule has 1 aliphatic carbocycles. The van der Waals surface area contributed by atoms with Crippen LogP contribution in [0.15, 0.2) is 43.0 Å². The van der Waals surface area contributed by atoms with Gasteiger partial charge in [0.2, 0.25) is 5.91 Å². The summed E-state index contributed by atoms with van der Waals surface area (Å²) in [4.78, 5) is 15.8. The predicted octanol–water partition coefficient (Wildman–Crippen LogP) is 2.20. The van der Waals surface area contributed by atoms with Gasteiger partial charge < -0.3 is 9.88 Å². The highest BCUT2D eigenvalue weighted by Crippen LogP contribution is 2.37. The third-order valence-electron chi connectivity index (χ3n) is 3.86. The Kier molecular flexibility index (Phi) is 3.54. The number of aromatic nitrogens is 2. The van der Waals surface area contributed by atoms with Crippen LogP contribution in [0.3, 0.4) is 0 Å². The lowest BCUT2D eigenvalue weighted by molar-refractivity contribution is -0.122. The van der Waals surface area contributed by atoms with Crippen LogP contribution in [0.2, 0.25) is 0 Å². The number of carbonyl (C=O) groups excluding carboxylic acids is 1. The molecule has 20 heavy (non-hydrogen) atoms. The summed E-state index contributed by atoms with van der Waals surface area (Å²) in [6.45, 7) is 3.56. The molecular formula is C16H19N3O. The van der Waals surface area contributed by atoms with E-state index >= 15 is 0 Å². The van der Waals surface area contributed by atoms with E-state index in [2.05, 4.69) is 41.5 Å². The summed E-state index contributed by atoms with van der Waals surface area (Å²) in [5, 5.41) is 3.00. The Morgan fingerprint density at radius 1 is 1.35 bits per heavy atom. The second-order valence-electron chi connectivity index (χ2n) is 5.59. The van der Waals surface area contributed by atoms with Crippen molar-refractivity contribution in [3.63, 3.8) is 0 Å². The molecule has 4 nitrogen and oxygen atoms in total. The molecule has 1 fully saturated rings. The predicted molar refractivity (Wildman–Crippen MR) is 76.9 cm³/mol. The molecule has 0 spiro atoms. The standard InChI is InChI=1S/C16H19N3O/c1-12-8-15(12)16(20)18-9-13-2-4-14(5-3-13)10-19-7-6-17-11-19/h2-7,11-12,15H,8-10H2,1H3,(H,18,20)/t12-,15-/m0/s1. The van der Waals surface area contributed by atoms with Crippen molar-refractivity contribution in [3.8, 4) is 0 Å². The maximum absolute atomic E-state index is 11.7. The molecule has 1 saturated carbocycles. The molecule has 1 aromatic carbocycles. The van der Waals surface area contributed by atoms with E-state index in [1.807, 2.05) is 17.1 Å². The molecule has 0 radical (unpaired) electrons. The van der Waals surface area contributed by atoms with Gasteiger partial charge in [0, 0.05) is 31.4 Å². The first-order valence-electron chi connectivity index (χ1n) is 7.03. The Morgan fingerprint density at radius 2 is 2.05 bits per heavy atom. The Hall–Kier alpha value is -2.10. The van der Waals surface area contributed by atoms with Crippen LogP contribution in [-0.2, 0) is 17.9 Å². The fourth-order valence-electron chi connectivity index (χ4n) is 2.36. The highest BCUT2D eigenvalue weighted by atomic mass is 16.2. The van der Waals surface area contributed by atoms with Gasteiger partial charge in [-0.2, -0.15) is 0 Å². The molecule has 1 N–H and O–H groups in total. The minimum atomic E-state index is 0.194. The fourth-order valence-corrected chi connectivity index (χ4v) is 2.36. The van der Waals surface area contributed by atoms with Crippen molar-refractivity contribution in [2.75, 3.05) is 0 Å². The summed E-state index contributed by atoms with van der Waals surface area (Å²) in [5.74, 6) is 1.00. The molecule has 4 heteroatoms. The first-order valence-corrected chi connectivity index (χ1v) is 7.03. The van der Waals surface area contributed by atoms with Crippen molar-refractivity contribution in [3.05, 3.63) is 54.1 Å². The molecule has 0 unspecified atom stereocenters. The van der Waals surface area contributed by atoms with E-state index in [-0.39, 0.29) is 11.8 Å². The van der Waals surface area contributed by atoms with Crippen molar-refractivity contribution in [1.82, 2.24) is 14.9 Å². The smallest absolute Gasteiger partial charge is 0.223 e. The lowest BCUT2D eigenvalue weighted by Crippen LogP contribution is -2.24. The van der Waals surface area contributed by atoms with Gasteiger partial charge in [0.05, 0.1) is 6.33 Å². The normalized spacial score (nSPS) is 20.6. The van der Waals surface area contributed by atoms with Gasteiger partial charge in [0.25, 0.3) is 0 Å². The third-order valence-corrected chi connectivity index (χ3v) is 3.86. The van der Waals surface area contributed by atoms with E-state index in [4.69, 9.17) is 0 Å². The van der Waals surface area contributed by atoms with Crippen molar-refractivity contribution in [1.29, 1.82) is 0 Å². The average Bonchev–Trinajstić information content (AvgIpc) is 2.98. The lowest BCUT2D eigenvalue weighted by atomic mass is 10.1. The third kappa shape index (κ3) is 3.07. The Labute approximate surface area is 118 Å². The van der Waals surface area contributed by atoms with Gasteiger partial charge in [0.15, 0.2) is 0 Å². The van der Waals surface area contributed by atoms with Crippen LogP contribution >= 0.6 is 0 Å². The Bertz CT molecular complexity index is 574. The zero-order valence-corrected chi connectivity index (χ0v) is 11.6. The number of amides is 1. The summed E-state index contributed by atoms with van der Waals surface area (Å²) >= 11 is 0. The number of rotatable bonds is 5. The van der Waals surface area contributed by atoms with Gasteiger partial charge in [-0.25, -0.2) is 4.98 Å². The van der Waals surface area contributed by atoms with Crippen LogP contribution in [0.5, 0.6) is 0 Å². The van der Waals surface area contributed by atoms with E-state index in [9.17, 15) is 4.79 Å². The first kappa shape index (κ1) is 12.9. The summed E-state index contributed by atoms with van der Waals surface area (Å²) in [7, 11) is 0. The zero-order valence-electron chi connectivity index (χ0n) is 11.6. The van der Waals surface area contributed by atoms with E-state index in [1.54, 1.807) is 6.20 Å². The molecule has 1 amide bonds. The molecule has 0 bridgehead atoms. The number of hydrogen-bond acceptors (Lipinski definition) is 2. The number of hydrogen-bond donors (Lipinski definition) is 1. The van der Waals surface area contributed by atoms with Gasteiger partial charge in [-0.05, 0) is 23.5 Å². The van der Waals surface area contributed by atoms with Gasteiger partial charge >= 0.3 is 0 Å². The maximum atomic E-state index is 11.7. The molecule has 3 rings (SSSR count). The van der Waals surface area contributed by atoms with Crippen LogP contribution in [0.25, 0.3) is 0 Å². The molecule has 2 atom stereocenters. The number of imidazole rings is 1. The second-order valence-corrected chi connectivity index (χ2v) is 5.59. The molecule has 0 saturated heterocycles. The summed E-state index contributed by atoms with van der Waals surface area (Å²) in [6, 6.07) is 8.34. The van der Waals surface area contributed by atoms with Crippen LogP contribution in [0.4, 0.5) is 0 Å². The van der Waals surface area contributed by atoms with E-state index in [0.717, 1.165) is 18.5 Å². The fraction of sp³-hybridized carbons (Fsp3) is 0.375. The van der Waals surface area contributed by atoms with E-state index in [0.29, 0.717) is 12.5 Å². The zero-order chi connectivity index (χ0) is 13.9. The lowest BCUT2D eigenvalue weighted by Gasteiger charge is -2.07. The van der Waals surface area contributed by atoms with Crippen LogP contribution < -0.4 is 5.32 Å². The quantitative estimate of drug-likeness (QED) is 0.904. The Balaban J connectivity index is 1.52.